The molecule has 120 valence electrons. The lowest BCUT2D eigenvalue weighted by atomic mass is 9.98. The van der Waals surface area contributed by atoms with Gasteiger partial charge in [-0.2, -0.15) is 5.01 Å². The predicted octanol–water partition coefficient (Wildman–Crippen LogP) is 0.990. The van der Waals surface area contributed by atoms with Crippen LogP contribution < -0.4 is 0 Å². The number of carbonyl (C=O) groups excluding carboxylic acids is 2. The van der Waals surface area contributed by atoms with Crippen molar-refractivity contribution in [3.8, 4) is 0 Å². The largest absolute Gasteiger partial charge is 0.372 e. The lowest BCUT2D eigenvalue weighted by Crippen LogP contribution is -2.51. The summed E-state index contributed by atoms with van der Waals surface area (Å²) in [5.41, 5.74) is 0.683. The molecule has 2 aliphatic heterocycles. The molecular formula is C15H14N2O5S. The average molecular weight is 334 g/mol. The Hall–Kier alpha value is -2.03. The number of carbonyl (C=O) groups is 2. The number of rotatable bonds is 1. The number of hydrogen-bond acceptors (Lipinski definition) is 5. The van der Waals surface area contributed by atoms with E-state index in [1.165, 1.54) is 12.1 Å². The molecule has 1 aliphatic carbocycles. The number of hydrazine groups is 1. The van der Waals surface area contributed by atoms with Crippen LogP contribution in [-0.2, 0) is 10.0 Å². The van der Waals surface area contributed by atoms with Gasteiger partial charge in [0, 0.05) is 0 Å². The van der Waals surface area contributed by atoms with Gasteiger partial charge in [0.05, 0.1) is 16.0 Å². The van der Waals surface area contributed by atoms with Crippen LogP contribution >= 0.6 is 0 Å². The molecule has 0 fully saturated rings. The maximum atomic E-state index is 12.7. The highest BCUT2D eigenvalue weighted by atomic mass is 32.2. The molecule has 0 saturated carbocycles. The summed E-state index contributed by atoms with van der Waals surface area (Å²) in [6.07, 6.45) is 0.781. The highest BCUT2D eigenvalue weighted by Gasteiger charge is 2.53. The van der Waals surface area contributed by atoms with Crippen LogP contribution in [0.1, 0.15) is 46.4 Å². The minimum atomic E-state index is -4.06. The van der Waals surface area contributed by atoms with Crippen LogP contribution in [0, 0.1) is 0 Å². The topological polar surface area (TPSA) is 95.0 Å². The van der Waals surface area contributed by atoms with Gasteiger partial charge in [-0.3, -0.25) is 9.59 Å². The Balaban J connectivity index is 1.81. The lowest BCUT2D eigenvalue weighted by Gasteiger charge is -2.27. The van der Waals surface area contributed by atoms with Crippen molar-refractivity contribution in [2.24, 2.45) is 0 Å². The molecule has 1 unspecified atom stereocenters. The number of aliphatic hydroxyl groups is 1. The van der Waals surface area contributed by atoms with Crippen LogP contribution in [-0.4, -0.2) is 41.0 Å². The molecule has 4 rings (SSSR count). The van der Waals surface area contributed by atoms with E-state index in [1.54, 1.807) is 12.1 Å². The molecule has 1 N–H and O–H groups in total. The van der Waals surface area contributed by atoms with Crippen molar-refractivity contribution in [2.75, 3.05) is 0 Å². The van der Waals surface area contributed by atoms with E-state index in [1.807, 2.05) is 0 Å². The summed E-state index contributed by atoms with van der Waals surface area (Å²) < 4.78 is 26.0. The Labute approximate surface area is 132 Å². The van der Waals surface area contributed by atoms with E-state index in [4.69, 9.17) is 0 Å². The van der Waals surface area contributed by atoms with Crippen molar-refractivity contribution in [2.45, 2.75) is 31.9 Å². The minimum absolute atomic E-state index is 0.143. The number of fused-ring (bicyclic) bond motifs is 1. The van der Waals surface area contributed by atoms with Gasteiger partial charge in [0.1, 0.15) is 0 Å². The van der Waals surface area contributed by atoms with Gasteiger partial charge >= 0.3 is 0 Å². The van der Waals surface area contributed by atoms with Crippen molar-refractivity contribution in [3.05, 3.63) is 45.9 Å². The SMILES string of the molecule is O=C1c2ccccc2C(=O)N1N1C(O)C2=C(CCCC2)S1(=O)=O. The molecule has 0 spiro atoms. The van der Waals surface area contributed by atoms with E-state index in [2.05, 4.69) is 0 Å². The second-order valence-corrected chi connectivity index (χ2v) is 7.59. The van der Waals surface area contributed by atoms with Crippen LogP contribution in [0.15, 0.2) is 34.7 Å². The molecule has 3 aliphatic rings. The molecule has 7 nitrogen and oxygen atoms in total. The first-order valence-electron chi connectivity index (χ1n) is 7.37. The van der Waals surface area contributed by atoms with E-state index in [0.717, 1.165) is 6.42 Å². The monoisotopic (exact) mass is 334 g/mol. The smallest absolute Gasteiger partial charge is 0.277 e. The first kappa shape index (κ1) is 14.6. The third kappa shape index (κ3) is 1.79. The summed E-state index contributed by atoms with van der Waals surface area (Å²) in [6, 6.07) is 6.15. The van der Waals surface area contributed by atoms with Crippen LogP contribution in [0.3, 0.4) is 0 Å². The van der Waals surface area contributed by atoms with E-state index in [-0.39, 0.29) is 16.0 Å². The maximum Gasteiger partial charge on any atom is 0.277 e. The summed E-state index contributed by atoms with van der Waals surface area (Å²) in [5.74, 6) is -1.46. The van der Waals surface area contributed by atoms with Gasteiger partial charge in [0.2, 0.25) is 0 Å². The molecular weight excluding hydrogens is 320 g/mol. The number of allylic oxidation sites excluding steroid dienone is 1. The molecule has 0 aromatic heterocycles. The second kappa shape index (κ2) is 4.73. The van der Waals surface area contributed by atoms with Crippen molar-refractivity contribution >= 4 is 21.8 Å². The van der Waals surface area contributed by atoms with Crippen LogP contribution in [0.2, 0.25) is 0 Å². The Kier molecular flexibility index (Phi) is 2.99. The fourth-order valence-electron chi connectivity index (χ4n) is 3.42. The van der Waals surface area contributed by atoms with Gasteiger partial charge in [-0.05, 0) is 43.4 Å². The Morgan fingerprint density at radius 1 is 1.00 bits per heavy atom. The third-order valence-corrected chi connectivity index (χ3v) is 6.45. The van der Waals surface area contributed by atoms with E-state index in [0.29, 0.717) is 34.3 Å². The fourth-order valence-corrected chi connectivity index (χ4v) is 5.34. The van der Waals surface area contributed by atoms with Gasteiger partial charge in [0.25, 0.3) is 21.8 Å². The zero-order chi connectivity index (χ0) is 16.4. The average Bonchev–Trinajstić information content (AvgIpc) is 2.91. The molecule has 2 amide bonds. The van der Waals surface area contributed by atoms with Gasteiger partial charge < -0.3 is 5.11 Å². The zero-order valence-electron chi connectivity index (χ0n) is 12.1. The van der Waals surface area contributed by atoms with Crippen molar-refractivity contribution < 1.29 is 23.1 Å². The molecule has 1 aromatic rings. The third-order valence-electron chi connectivity index (χ3n) is 4.51. The molecule has 8 heteroatoms. The first-order valence-corrected chi connectivity index (χ1v) is 8.81. The summed E-state index contributed by atoms with van der Waals surface area (Å²) in [4.78, 5) is 25.2. The first-order chi connectivity index (χ1) is 10.9. The summed E-state index contributed by atoms with van der Waals surface area (Å²) in [7, 11) is -4.06. The van der Waals surface area contributed by atoms with Gasteiger partial charge in [-0.25, -0.2) is 8.42 Å². The molecule has 2 heterocycles. The summed E-state index contributed by atoms with van der Waals surface area (Å²) >= 11 is 0. The van der Waals surface area contributed by atoms with Gasteiger partial charge in [0.15, 0.2) is 6.23 Å². The van der Waals surface area contributed by atoms with Crippen LogP contribution in [0.4, 0.5) is 0 Å². The second-order valence-electron chi connectivity index (χ2n) is 5.77. The van der Waals surface area contributed by atoms with Crippen molar-refractivity contribution in [3.63, 3.8) is 0 Å². The highest BCUT2D eigenvalue weighted by Crippen LogP contribution is 2.42. The predicted molar refractivity (Wildman–Crippen MR) is 79.2 cm³/mol. The molecule has 0 saturated heterocycles. The number of aliphatic hydroxyl groups excluding tert-OH is 1. The number of imide groups is 1. The number of nitrogens with zero attached hydrogens (tertiary/aromatic N) is 2. The Morgan fingerprint density at radius 2 is 1.57 bits per heavy atom. The number of amides is 2. The maximum absolute atomic E-state index is 12.7. The van der Waals surface area contributed by atoms with Crippen molar-refractivity contribution in [1.29, 1.82) is 0 Å². The number of hydrogen-bond donors (Lipinski definition) is 1. The normalized spacial score (nSPS) is 26.7. The van der Waals surface area contributed by atoms with Crippen molar-refractivity contribution in [1.82, 2.24) is 9.42 Å². The summed E-state index contributed by atoms with van der Waals surface area (Å²) in [5, 5.41) is 11.0. The highest BCUT2D eigenvalue weighted by molar-refractivity contribution is 7.93. The zero-order valence-corrected chi connectivity index (χ0v) is 12.9. The standard InChI is InChI=1S/C15H14N2O5S/c18-13-9-5-1-2-6-10(9)14(19)16(13)17-15(20)11-7-3-4-8-12(11)23(17,21)22/h1-2,5-6,15,20H,3-4,7-8H2. The molecule has 0 bridgehead atoms. The molecule has 1 atom stereocenters. The van der Waals surface area contributed by atoms with Gasteiger partial charge in [-0.1, -0.05) is 16.5 Å². The van der Waals surface area contributed by atoms with Gasteiger partial charge in [-0.15, -0.1) is 0 Å². The molecule has 0 radical (unpaired) electrons. The van der Waals surface area contributed by atoms with Crippen LogP contribution in [0.25, 0.3) is 0 Å². The number of benzene rings is 1. The van der Waals surface area contributed by atoms with E-state index in [9.17, 15) is 23.1 Å². The number of sulfonamides is 1. The summed E-state index contributed by atoms with van der Waals surface area (Å²) in [6.45, 7) is 0. The Bertz CT molecular complexity index is 839. The van der Waals surface area contributed by atoms with E-state index < -0.39 is 28.1 Å². The molecule has 23 heavy (non-hydrogen) atoms. The minimum Gasteiger partial charge on any atom is -0.372 e. The van der Waals surface area contributed by atoms with E-state index >= 15 is 0 Å². The Morgan fingerprint density at radius 3 is 2.13 bits per heavy atom. The quantitative estimate of drug-likeness (QED) is 0.773. The lowest BCUT2D eigenvalue weighted by molar-refractivity contribution is -0.0201. The van der Waals surface area contributed by atoms with Crippen LogP contribution in [0.5, 0.6) is 0 Å². The molecule has 1 aromatic carbocycles. The fraction of sp³-hybridized carbons (Fsp3) is 0.333.